The summed E-state index contributed by atoms with van der Waals surface area (Å²) < 4.78 is 22.6. The molecule has 7 nitrogen and oxygen atoms in total. The molecular formula is C21H20N2O5. The monoisotopic (exact) mass is 380 g/mol. The predicted octanol–water partition coefficient (Wildman–Crippen LogP) is 3.09. The molecule has 7 heteroatoms. The van der Waals surface area contributed by atoms with Crippen LogP contribution in [0.2, 0.25) is 0 Å². The SMILES string of the molecule is COc1ccc(C2COc3cc(C(O)c4cccnc4)cc(OC)c3O2)cn1. The highest BCUT2D eigenvalue weighted by Gasteiger charge is 2.28. The number of hydrogen-bond donors (Lipinski definition) is 1. The van der Waals surface area contributed by atoms with Crippen molar-refractivity contribution < 1.29 is 24.1 Å². The Bertz CT molecular complexity index is 930. The van der Waals surface area contributed by atoms with Gasteiger partial charge in [0, 0.05) is 35.8 Å². The highest BCUT2D eigenvalue weighted by atomic mass is 16.6. The van der Waals surface area contributed by atoms with Gasteiger partial charge in [0.05, 0.1) is 14.2 Å². The zero-order chi connectivity index (χ0) is 19.5. The Hall–Kier alpha value is -3.32. The largest absolute Gasteiger partial charge is 0.493 e. The molecule has 0 saturated heterocycles. The van der Waals surface area contributed by atoms with Crippen molar-refractivity contribution in [3.8, 4) is 23.1 Å². The van der Waals surface area contributed by atoms with Crippen LogP contribution in [-0.4, -0.2) is 35.9 Å². The Morgan fingerprint density at radius 3 is 2.68 bits per heavy atom. The third-order valence-corrected chi connectivity index (χ3v) is 4.57. The van der Waals surface area contributed by atoms with Crippen LogP contribution in [0.1, 0.15) is 28.9 Å². The van der Waals surface area contributed by atoms with E-state index in [0.29, 0.717) is 40.9 Å². The molecular weight excluding hydrogens is 360 g/mol. The predicted molar refractivity (Wildman–Crippen MR) is 101 cm³/mol. The maximum atomic E-state index is 10.7. The Balaban J connectivity index is 1.63. The van der Waals surface area contributed by atoms with E-state index in [2.05, 4.69) is 9.97 Å². The maximum Gasteiger partial charge on any atom is 0.212 e. The van der Waals surface area contributed by atoms with Gasteiger partial charge in [0.25, 0.3) is 0 Å². The van der Waals surface area contributed by atoms with Crippen LogP contribution in [0, 0.1) is 0 Å². The van der Waals surface area contributed by atoms with Crippen molar-refractivity contribution in [2.75, 3.05) is 20.8 Å². The highest BCUT2D eigenvalue weighted by molar-refractivity contribution is 5.56. The van der Waals surface area contributed by atoms with Crippen molar-refractivity contribution in [2.45, 2.75) is 12.2 Å². The third kappa shape index (κ3) is 3.44. The number of rotatable bonds is 5. The summed E-state index contributed by atoms with van der Waals surface area (Å²) in [6.07, 6.45) is 3.81. The standard InChI is InChI=1S/C21H20N2O5/c1-25-16-8-15(20(24)14-4-3-7-22-10-14)9-17-21(16)28-18(12-27-17)13-5-6-19(26-2)23-11-13/h3-11,18,20,24H,12H2,1-2H3. The Kier molecular flexibility index (Phi) is 4.99. The molecule has 1 aliphatic rings. The number of ether oxygens (including phenoxy) is 4. The molecule has 3 aromatic rings. The van der Waals surface area contributed by atoms with Crippen LogP contribution in [0.4, 0.5) is 0 Å². The molecule has 144 valence electrons. The van der Waals surface area contributed by atoms with Gasteiger partial charge >= 0.3 is 0 Å². The fourth-order valence-corrected chi connectivity index (χ4v) is 3.07. The first kappa shape index (κ1) is 18.1. The van der Waals surface area contributed by atoms with Crippen LogP contribution in [0.3, 0.4) is 0 Å². The zero-order valence-corrected chi connectivity index (χ0v) is 15.5. The van der Waals surface area contributed by atoms with Gasteiger partial charge in [0.15, 0.2) is 17.6 Å². The summed E-state index contributed by atoms with van der Waals surface area (Å²) in [7, 11) is 3.12. The normalized spacial score (nSPS) is 16.3. The Morgan fingerprint density at radius 2 is 2.00 bits per heavy atom. The summed E-state index contributed by atoms with van der Waals surface area (Å²) >= 11 is 0. The van der Waals surface area contributed by atoms with Crippen molar-refractivity contribution in [2.24, 2.45) is 0 Å². The van der Waals surface area contributed by atoms with E-state index < -0.39 is 6.10 Å². The van der Waals surface area contributed by atoms with Gasteiger partial charge in [-0.15, -0.1) is 0 Å². The molecule has 3 heterocycles. The number of aliphatic hydroxyl groups excluding tert-OH is 1. The van der Waals surface area contributed by atoms with Crippen LogP contribution in [0.5, 0.6) is 23.1 Å². The van der Waals surface area contributed by atoms with Crippen LogP contribution < -0.4 is 18.9 Å². The second kappa shape index (κ2) is 7.74. The molecule has 2 unspecified atom stereocenters. The molecule has 0 amide bonds. The molecule has 0 saturated carbocycles. The van der Waals surface area contributed by atoms with E-state index in [1.807, 2.05) is 12.1 Å². The molecule has 0 spiro atoms. The van der Waals surface area contributed by atoms with Crippen LogP contribution in [0.15, 0.2) is 55.0 Å². The molecule has 0 aliphatic carbocycles. The molecule has 0 bridgehead atoms. The van der Waals surface area contributed by atoms with Crippen molar-refractivity contribution >= 4 is 0 Å². The minimum absolute atomic E-state index is 0.316. The Morgan fingerprint density at radius 1 is 1.11 bits per heavy atom. The smallest absolute Gasteiger partial charge is 0.212 e. The van der Waals surface area contributed by atoms with Crippen molar-refractivity contribution in [3.63, 3.8) is 0 Å². The zero-order valence-electron chi connectivity index (χ0n) is 15.5. The number of fused-ring (bicyclic) bond motifs is 1. The van der Waals surface area contributed by atoms with Crippen molar-refractivity contribution in [3.05, 3.63) is 71.7 Å². The van der Waals surface area contributed by atoms with Gasteiger partial charge in [-0.1, -0.05) is 6.07 Å². The average Bonchev–Trinajstić information content (AvgIpc) is 2.78. The maximum absolute atomic E-state index is 10.7. The number of methoxy groups -OCH3 is 2. The van der Waals surface area contributed by atoms with Crippen molar-refractivity contribution in [1.29, 1.82) is 0 Å². The van der Waals surface area contributed by atoms with E-state index in [-0.39, 0.29) is 6.10 Å². The first-order valence-electron chi connectivity index (χ1n) is 8.79. The minimum Gasteiger partial charge on any atom is -0.493 e. The fraction of sp³-hybridized carbons (Fsp3) is 0.238. The van der Waals surface area contributed by atoms with E-state index >= 15 is 0 Å². The quantitative estimate of drug-likeness (QED) is 0.728. The third-order valence-electron chi connectivity index (χ3n) is 4.57. The number of aliphatic hydroxyl groups is 1. The number of benzene rings is 1. The molecule has 1 aliphatic heterocycles. The molecule has 0 radical (unpaired) electrons. The lowest BCUT2D eigenvalue weighted by Gasteiger charge is -2.28. The average molecular weight is 380 g/mol. The van der Waals surface area contributed by atoms with Crippen molar-refractivity contribution in [1.82, 2.24) is 9.97 Å². The van der Waals surface area contributed by atoms with E-state index in [0.717, 1.165) is 5.56 Å². The van der Waals surface area contributed by atoms with Crippen LogP contribution in [-0.2, 0) is 0 Å². The fourth-order valence-electron chi connectivity index (χ4n) is 3.07. The summed E-state index contributed by atoms with van der Waals surface area (Å²) in [6, 6.07) is 10.8. The second-order valence-electron chi connectivity index (χ2n) is 6.29. The van der Waals surface area contributed by atoms with Gasteiger partial charge in [-0.05, 0) is 29.8 Å². The van der Waals surface area contributed by atoms with Gasteiger partial charge in [0.1, 0.15) is 12.7 Å². The van der Waals surface area contributed by atoms with E-state index in [4.69, 9.17) is 18.9 Å². The first-order valence-corrected chi connectivity index (χ1v) is 8.79. The van der Waals surface area contributed by atoms with E-state index in [9.17, 15) is 5.11 Å². The van der Waals surface area contributed by atoms with E-state index in [1.54, 1.807) is 57.1 Å². The molecule has 4 rings (SSSR count). The lowest BCUT2D eigenvalue weighted by molar-refractivity contribution is 0.0862. The summed E-state index contributed by atoms with van der Waals surface area (Å²) in [6.45, 7) is 0.316. The topological polar surface area (TPSA) is 82.9 Å². The minimum atomic E-state index is -0.847. The van der Waals surface area contributed by atoms with Gasteiger partial charge in [-0.3, -0.25) is 4.98 Å². The highest BCUT2D eigenvalue weighted by Crippen LogP contribution is 2.45. The molecule has 0 fully saturated rings. The van der Waals surface area contributed by atoms with Gasteiger partial charge < -0.3 is 24.1 Å². The van der Waals surface area contributed by atoms with Gasteiger partial charge in [-0.2, -0.15) is 0 Å². The molecule has 1 aromatic carbocycles. The number of pyridine rings is 2. The first-order chi connectivity index (χ1) is 13.7. The summed E-state index contributed by atoms with van der Waals surface area (Å²) in [5.74, 6) is 2.04. The Labute approximate surface area is 162 Å². The lowest BCUT2D eigenvalue weighted by Crippen LogP contribution is -2.22. The summed E-state index contributed by atoms with van der Waals surface area (Å²) in [5.41, 5.74) is 2.19. The molecule has 2 atom stereocenters. The second-order valence-corrected chi connectivity index (χ2v) is 6.29. The van der Waals surface area contributed by atoms with Gasteiger partial charge in [0.2, 0.25) is 11.6 Å². The van der Waals surface area contributed by atoms with Crippen LogP contribution in [0.25, 0.3) is 0 Å². The van der Waals surface area contributed by atoms with Crippen LogP contribution >= 0.6 is 0 Å². The number of aromatic nitrogens is 2. The number of hydrogen-bond acceptors (Lipinski definition) is 7. The number of nitrogens with zero attached hydrogens (tertiary/aromatic N) is 2. The lowest BCUT2D eigenvalue weighted by atomic mass is 10.0. The molecule has 28 heavy (non-hydrogen) atoms. The van der Waals surface area contributed by atoms with Gasteiger partial charge in [-0.25, -0.2) is 4.98 Å². The summed E-state index contributed by atoms with van der Waals surface area (Å²) in [5, 5.41) is 10.7. The summed E-state index contributed by atoms with van der Waals surface area (Å²) in [4.78, 5) is 8.27. The molecule has 2 aromatic heterocycles. The molecule has 1 N–H and O–H groups in total. The van der Waals surface area contributed by atoms with E-state index in [1.165, 1.54) is 0 Å².